The molecule has 1 aromatic heterocycles. The highest BCUT2D eigenvalue weighted by Crippen LogP contribution is 2.44. The highest BCUT2D eigenvalue weighted by molar-refractivity contribution is 5.94. The summed E-state index contributed by atoms with van der Waals surface area (Å²) < 4.78 is 15.8. The van der Waals surface area contributed by atoms with Gasteiger partial charge in [0.2, 0.25) is 17.7 Å². The molecule has 1 saturated heterocycles. The van der Waals surface area contributed by atoms with Crippen LogP contribution in [0, 0.1) is 17.3 Å². The molecule has 4 aliphatic rings. The molecule has 2 heterocycles. The van der Waals surface area contributed by atoms with E-state index >= 15 is 0 Å². The average Bonchev–Trinajstić information content (AvgIpc) is 3.97. The number of ether oxygens (including phenoxy) is 3. The molecule has 1 aliphatic heterocycles. The maximum Gasteiger partial charge on any atom is 0.408 e. The minimum absolute atomic E-state index is 0. The topological polar surface area (TPSA) is 211 Å². The molecular formula is C44H75N5O9. The lowest BCUT2D eigenvalue weighted by Gasteiger charge is -2.35. The number of nitrogens with zero attached hydrogens (tertiary/aromatic N) is 2. The third-order valence-corrected chi connectivity index (χ3v) is 10.4. The van der Waals surface area contributed by atoms with Crippen LogP contribution in [0.3, 0.4) is 0 Å². The van der Waals surface area contributed by atoms with Crippen LogP contribution in [-0.4, -0.2) is 90.0 Å². The number of alkyl carbamates (subject to hydrolysis) is 1. The summed E-state index contributed by atoms with van der Waals surface area (Å²) in [6.45, 7) is 13.6. The zero-order valence-electron chi connectivity index (χ0n) is 34.8. The molecule has 0 radical (unpaired) electrons. The molecule has 3 aliphatic carbocycles. The van der Waals surface area contributed by atoms with Gasteiger partial charge in [-0.1, -0.05) is 54.0 Å². The Hall–Kier alpha value is -4.98. The number of likely N-dealkylation sites (tertiary alicyclic amines) is 1. The molecule has 14 nitrogen and oxygen atoms in total. The molecule has 4 amide bonds. The van der Waals surface area contributed by atoms with Gasteiger partial charge < -0.3 is 45.7 Å². The minimum atomic E-state index is -1.06. The molecule has 4 fully saturated rings. The number of carbonyl (C=O) groups excluding carboxylic acids is 5. The lowest BCUT2D eigenvalue weighted by molar-refractivity contribution is -0.138. The molecule has 6 rings (SSSR count). The van der Waals surface area contributed by atoms with E-state index in [0.29, 0.717) is 19.4 Å². The van der Waals surface area contributed by atoms with Crippen molar-refractivity contribution in [2.45, 2.75) is 130 Å². The van der Waals surface area contributed by atoms with E-state index in [4.69, 9.17) is 24.7 Å². The molecule has 0 spiro atoms. The molecule has 330 valence electrons. The Morgan fingerprint density at radius 2 is 1.60 bits per heavy atom. The van der Waals surface area contributed by atoms with Crippen molar-refractivity contribution in [1.82, 2.24) is 20.5 Å². The van der Waals surface area contributed by atoms with Crippen molar-refractivity contribution < 1.29 is 47.9 Å². The second-order valence-corrected chi connectivity index (χ2v) is 15.9. The number of pyridine rings is 1. The first-order valence-corrected chi connectivity index (χ1v) is 19.7. The van der Waals surface area contributed by atoms with Crippen molar-refractivity contribution in [2.24, 2.45) is 23.0 Å². The van der Waals surface area contributed by atoms with Gasteiger partial charge in [-0.25, -0.2) is 4.79 Å². The fourth-order valence-corrected chi connectivity index (χ4v) is 6.66. The Morgan fingerprint density at radius 3 is 2.09 bits per heavy atom. The fraction of sp³-hybridized carbons (Fsp3) is 0.591. The summed E-state index contributed by atoms with van der Waals surface area (Å²) in [5.74, 6) is 1.45. The molecule has 2 aromatic rings. The lowest BCUT2D eigenvalue weighted by Crippen LogP contribution is -2.56. The van der Waals surface area contributed by atoms with Gasteiger partial charge in [0.15, 0.2) is 0 Å². The van der Waals surface area contributed by atoms with Crippen LogP contribution in [0.1, 0.15) is 111 Å². The van der Waals surface area contributed by atoms with Gasteiger partial charge in [0.05, 0.1) is 19.9 Å². The monoisotopic (exact) mass is 818 g/mol. The highest BCUT2D eigenvalue weighted by atomic mass is 16.6. The number of aromatic nitrogens is 1. The molecular weight excluding hydrogens is 743 g/mol. The molecule has 4 atom stereocenters. The van der Waals surface area contributed by atoms with Gasteiger partial charge in [0.1, 0.15) is 35.5 Å². The Kier molecular flexibility index (Phi) is 21.2. The van der Waals surface area contributed by atoms with Crippen LogP contribution < -0.4 is 25.8 Å². The van der Waals surface area contributed by atoms with Crippen molar-refractivity contribution >= 4 is 30.1 Å². The third-order valence-electron chi connectivity index (χ3n) is 10.4. The number of hydrogen-bond acceptors (Lipinski definition) is 9. The predicted octanol–water partition coefficient (Wildman–Crippen LogP) is 6.93. The number of aldehydes is 1. The van der Waals surface area contributed by atoms with Crippen molar-refractivity contribution in [3.05, 3.63) is 55.3 Å². The largest absolute Gasteiger partial charge is 0.497 e. The van der Waals surface area contributed by atoms with Crippen molar-refractivity contribution in [3.8, 4) is 22.8 Å². The number of benzene rings is 1. The Bertz CT molecular complexity index is 1640. The molecule has 6 N–H and O–H groups in total. The number of nitrogens with one attached hydrogen (secondary N) is 2. The maximum atomic E-state index is 13.5. The molecule has 14 heteroatoms. The zero-order chi connectivity index (χ0) is 41.5. The Morgan fingerprint density at radius 1 is 1.02 bits per heavy atom. The summed E-state index contributed by atoms with van der Waals surface area (Å²) in [7, 11) is 3.30. The first-order chi connectivity index (χ1) is 26.6. The number of hydrogen-bond donors (Lipinski definition) is 3. The van der Waals surface area contributed by atoms with Crippen molar-refractivity contribution in [3.63, 3.8) is 0 Å². The molecule has 1 unspecified atom stereocenters. The Balaban J connectivity index is -0.00000100. The van der Waals surface area contributed by atoms with E-state index in [9.17, 15) is 19.2 Å². The fourth-order valence-electron chi connectivity index (χ4n) is 6.66. The van der Waals surface area contributed by atoms with Crippen LogP contribution in [-0.2, 0) is 23.9 Å². The first-order valence-electron chi connectivity index (χ1n) is 19.7. The minimum Gasteiger partial charge on any atom is -0.497 e. The number of methoxy groups -OCH3 is 2. The van der Waals surface area contributed by atoms with Crippen LogP contribution in [0.15, 0.2) is 55.3 Å². The number of amides is 4. The standard InChI is InChI=1S/C24H38N4O5.C13H13NO2.C4H8.C2H4O.CH4.H2O.3H2/c1-5-15-14-24(15,21(25)31)27-18(29)13-16-9-8-12-28(16)20(30)19(23(2,3)4)26-22(32)33-17-10-6-7-11-17;1-15-11-5-3-10(4-6-11)13-9-12(16-2)7-8-14-13;1-4-2-3-4;1-2-3;;;;;/h5,15-17,19H,1,6-14H2,2-4H3,(H2,25,31)(H,26,32)(H,27,29);3-9H,1-2H3;4H,2-3H2,1H3;2H,1H3;1H4;1H2;3*1H/t15-,16?,19-,24-;;;;;;;;/m1......../s1. The van der Waals surface area contributed by atoms with Gasteiger partial charge in [-0.15, -0.1) is 6.58 Å². The van der Waals surface area contributed by atoms with Gasteiger partial charge in [0, 0.05) is 47.0 Å². The van der Waals surface area contributed by atoms with E-state index in [1.165, 1.54) is 19.8 Å². The second-order valence-electron chi connectivity index (χ2n) is 15.9. The molecule has 58 heavy (non-hydrogen) atoms. The van der Waals surface area contributed by atoms with E-state index in [1.54, 1.807) is 31.4 Å². The van der Waals surface area contributed by atoms with Crippen LogP contribution >= 0.6 is 0 Å². The predicted molar refractivity (Wildman–Crippen MR) is 232 cm³/mol. The summed E-state index contributed by atoms with van der Waals surface area (Å²) in [5.41, 5.74) is 5.83. The van der Waals surface area contributed by atoms with E-state index in [0.717, 1.165) is 67.1 Å². The second kappa shape index (κ2) is 24.1. The van der Waals surface area contributed by atoms with Crippen LogP contribution in [0.5, 0.6) is 11.5 Å². The van der Waals surface area contributed by atoms with E-state index in [2.05, 4.69) is 29.1 Å². The van der Waals surface area contributed by atoms with Gasteiger partial charge in [-0.2, -0.15) is 0 Å². The van der Waals surface area contributed by atoms with E-state index < -0.39 is 29.0 Å². The molecule has 3 saturated carbocycles. The third kappa shape index (κ3) is 15.4. The van der Waals surface area contributed by atoms with Crippen LogP contribution in [0.25, 0.3) is 11.3 Å². The summed E-state index contributed by atoms with van der Waals surface area (Å²) in [6.07, 6.45) is 12.2. The van der Waals surface area contributed by atoms with Gasteiger partial charge >= 0.3 is 6.09 Å². The number of primary amides is 1. The SMILES string of the molecule is C.C=C[C@@H]1C[C@]1(NC(=O)CC1CCCN1C(=O)[C@@H](NC(=O)OC1CCCC1)C(C)(C)C)C(N)=O.CC1CC1.CC=O.COc1ccc(-c2cc(OC)ccn2)cc1.O.[HH].[HH].[HH]. The van der Waals surface area contributed by atoms with E-state index in [-0.39, 0.29) is 53.5 Å². The van der Waals surface area contributed by atoms with Gasteiger partial charge in [0.25, 0.3) is 0 Å². The van der Waals surface area contributed by atoms with Crippen molar-refractivity contribution in [2.75, 3.05) is 20.8 Å². The summed E-state index contributed by atoms with van der Waals surface area (Å²) in [5, 5.41) is 5.56. The summed E-state index contributed by atoms with van der Waals surface area (Å²) in [6, 6.07) is 10.4. The lowest BCUT2D eigenvalue weighted by atomic mass is 9.85. The summed E-state index contributed by atoms with van der Waals surface area (Å²) in [4.78, 5) is 65.4. The van der Waals surface area contributed by atoms with Crippen molar-refractivity contribution in [1.29, 1.82) is 0 Å². The number of carbonyl (C=O) groups is 5. The average molecular weight is 818 g/mol. The zero-order valence-corrected chi connectivity index (χ0v) is 34.8. The highest BCUT2D eigenvalue weighted by Gasteiger charge is 2.58. The number of nitrogens with two attached hydrogens (primary N) is 1. The first kappa shape index (κ1) is 51.0. The van der Waals surface area contributed by atoms with Gasteiger partial charge in [-0.3, -0.25) is 19.4 Å². The van der Waals surface area contributed by atoms with E-state index in [1.807, 2.05) is 57.2 Å². The smallest absolute Gasteiger partial charge is 0.408 e. The molecule has 0 bridgehead atoms. The maximum absolute atomic E-state index is 13.5. The summed E-state index contributed by atoms with van der Waals surface area (Å²) >= 11 is 0. The molecule has 1 aromatic carbocycles. The number of rotatable bonds is 11. The Labute approximate surface area is 349 Å². The van der Waals surface area contributed by atoms with Gasteiger partial charge in [-0.05, 0) is 93.5 Å². The normalized spacial score (nSPS) is 20.8. The van der Waals surface area contributed by atoms with Crippen LogP contribution in [0.2, 0.25) is 0 Å². The van der Waals surface area contributed by atoms with Crippen LogP contribution in [0.4, 0.5) is 4.79 Å². The quantitative estimate of drug-likeness (QED) is 0.158.